The monoisotopic (exact) mass is 326 g/mol. The van der Waals surface area contributed by atoms with Gasteiger partial charge in [0.2, 0.25) is 0 Å². The van der Waals surface area contributed by atoms with Crippen molar-refractivity contribution in [1.29, 1.82) is 0 Å². The summed E-state index contributed by atoms with van der Waals surface area (Å²) in [6.45, 7) is 8.93. The lowest BCUT2D eigenvalue weighted by atomic mass is 9.76. The van der Waals surface area contributed by atoms with Gasteiger partial charge in [-0.1, -0.05) is 24.3 Å². The molecule has 3 heterocycles. The Morgan fingerprint density at radius 2 is 1.88 bits per heavy atom. The van der Waals surface area contributed by atoms with Crippen molar-refractivity contribution in [2.75, 3.05) is 0 Å². The van der Waals surface area contributed by atoms with Crippen LogP contribution >= 0.6 is 0 Å². The van der Waals surface area contributed by atoms with Gasteiger partial charge in [-0.25, -0.2) is 4.98 Å². The van der Waals surface area contributed by atoms with E-state index in [1.807, 2.05) is 62.7 Å². The Hall–Kier alpha value is -1.63. The normalized spacial score (nSPS) is 27.5. The summed E-state index contributed by atoms with van der Waals surface area (Å²) in [6, 6.07) is 7.85. The number of nitrogens with zero attached hydrogens (tertiary/aromatic N) is 2. The average molecular weight is 326 g/mol. The molecule has 0 aliphatic carbocycles. The molecule has 6 heteroatoms. The first-order chi connectivity index (χ1) is 11.2. The fraction of sp³-hybridized carbons (Fsp3) is 0.500. The maximum absolute atomic E-state index is 11.2. The van der Waals surface area contributed by atoms with Crippen LogP contribution < -0.4 is 5.46 Å². The van der Waals surface area contributed by atoms with E-state index >= 15 is 0 Å². The van der Waals surface area contributed by atoms with Gasteiger partial charge in [-0.2, -0.15) is 0 Å². The maximum Gasteiger partial charge on any atom is 0.494 e. The van der Waals surface area contributed by atoms with E-state index in [4.69, 9.17) is 9.31 Å². The van der Waals surface area contributed by atoms with Gasteiger partial charge in [0.15, 0.2) is 0 Å². The summed E-state index contributed by atoms with van der Waals surface area (Å²) in [5, 5.41) is 11.2. The summed E-state index contributed by atoms with van der Waals surface area (Å²) in [7, 11) is -0.431. The first kappa shape index (κ1) is 15.9. The highest BCUT2D eigenvalue weighted by Gasteiger charge is 2.52. The molecule has 1 saturated heterocycles. The van der Waals surface area contributed by atoms with Crippen LogP contribution in [0.4, 0.5) is 0 Å². The van der Waals surface area contributed by atoms with Crippen molar-refractivity contribution in [3.8, 4) is 0 Å². The number of aliphatic hydroxyl groups is 1. The van der Waals surface area contributed by atoms with Crippen LogP contribution in [0.5, 0.6) is 0 Å². The number of benzene rings is 1. The largest absolute Gasteiger partial charge is 0.494 e. The van der Waals surface area contributed by atoms with Crippen LogP contribution in [0.25, 0.3) is 0 Å². The summed E-state index contributed by atoms with van der Waals surface area (Å²) in [6.07, 6.45) is 4.27. The van der Waals surface area contributed by atoms with E-state index in [2.05, 4.69) is 4.98 Å². The smallest absolute Gasteiger partial charge is 0.399 e. The number of hydrogen-bond acceptors (Lipinski definition) is 4. The highest BCUT2D eigenvalue weighted by Crippen LogP contribution is 2.39. The van der Waals surface area contributed by atoms with Gasteiger partial charge in [-0.05, 0) is 38.7 Å². The number of fused-ring (bicyclic) bond motifs is 1. The number of aromatic nitrogens is 2. The van der Waals surface area contributed by atoms with Gasteiger partial charge < -0.3 is 19.0 Å². The zero-order valence-corrected chi connectivity index (χ0v) is 14.6. The minimum absolute atomic E-state index is 0.381. The van der Waals surface area contributed by atoms with Crippen molar-refractivity contribution in [3.05, 3.63) is 48.0 Å². The fourth-order valence-corrected chi connectivity index (χ4v) is 3.44. The molecule has 0 saturated carbocycles. The molecule has 2 aliphatic heterocycles. The Morgan fingerprint density at radius 3 is 2.58 bits per heavy atom. The molecule has 0 radical (unpaired) electrons. The molecule has 24 heavy (non-hydrogen) atoms. The SMILES string of the molecule is CC1(C)OB(c2cccc(C3(O)CCn4ccnc43)c2)OC1(C)C. The fourth-order valence-electron chi connectivity index (χ4n) is 3.44. The molecule has 1 N–H and O–H groups in total. The van der Waals surface area contributed by atoms with Crippen LogP contribution in [0.15, 0.2) is 36.7 Å². The van der Waals surface area contributed by atoms with Gasteiger partial charge >= 0.3 is 7.12 Å². The minimum atomic E-state index is -1.05. The maximum atomic E-state index is 11.2. The topological polar surface area (TPSA) is 56.5 Å². The molecule has 0 amide bonds. The van der Waals surface area contributed by atoms with E-state index < -0.39 is 12.7 Å². The molecular weight excluding hydrogens is 303 g/mol. The van der Waals surface area contributed by atoms with Crippen LogP contribution in [-0.4, -0.2) is 33.0 Å². The van der Waals surface area contributed by atoms with Gasteiger partial charge in [0.05, 0.1) is 11.2 Å². The number of hydrogen-bond donors (Lipinski definition) is 1. The standard InChI is InChI=1S/C18H23BN2O3/c1-16(2)17(3,4)24-19(23-16)14-7-5-6-13(12-14)18(22)8-10-21-11-9-20-15(18)21/h5-7,9,11-12,22H,8,10H2,1-4H3. The molecule has 1 unspecified atom stereocenters. The third-order valence-corrected chi connectivity index (χ3v) is 5.69. The zero-order chi connectivity index (χ0) is 17.2. The third kappa shape index (κ3) is 2.17. The second-order valence-corrected chi connectivity index (χ2v) is 7.77. The number of rotatable bonds is 2. The van der Waals surface area contributed by atoms with E-state index in [1.165, 1.54) is 0 Å². The van der Waals surface area contributed by atoms with Crippen molar-refractivity contribution in [3.63, 3.8) is 0 Å². The molecular formula is C18H23BN2O3. The predicted octanol–water partition coefficient (Wildman–Crippen LogP) is 1.82. The lowest BCUT2D eigenvalue weighted by molar-refractivity contribution is 0.00578. The molecule has 2 aliphatic rings. The molecule has 5 nitrogen and oxygen atoms in total. The van der Waals surface area contributed by atoms with Crippen LogP contribution in [0, 0.1) is 0 Å². The average Bonchev–Trinajstić information content (AvgIpc) is 3.16. The van der Waals surface area contributed by atoms with Crippen LogP contribution in [0.3, 0.4) is 0 Å². The molecule has 4 rings (SSSR count). The van der Waals surface area contributed by atoms with Gasteiger partial charge in [-0.15, -0.1) is 0 Å². The van der Waals surface area contributed by atoms with Crippen LogP contribution in [-0.2, 0) is 21.5 Å². The van der Waals surface area contributed by atoms with E-state index in [0.717, 1.165) is 17.6 Å². The van der Waals surface area contributed by atoms with Crippen LogP contribution in [0.1, 0.15) is 45.5 Å². The molecule has 1 fully saturated rings. The predicted molar refractivity (Wildman–Crippen MR) is 92.0 cm³/mol. The molecule has 0 spiro atoms. The lowest BCUT2D eigenvalue weighted by Crippen LogP contribution is -2.41. The highest BCUT2D eigenvalue weighted by atomic mass is 16.7. The summed E-state index contributed by atoms with van der Waals surface area (Å²) in [5.41, 5.74) is -0.0600. The second-order valence-electron chi connectivity index (χ2n) is 7.77. The van der Waals surface area contributed by atoms with E-state index in [0.29, 0.717) is 12.2 Å². The Labute approximate surface area is 142 Å². The molecule has 126 valence electrons. The molecule has 0 bridgehead atoms. The highest BCUT2D eigenvalue weighted by molar-refractivity contribution is 6.62. The Balaban J connectivity index is 1.69. The molecule has 1 atom stereocenters. The Bertz CT molecular complexity index is 770. The third-order valence-electron chi connectivity index (χ3n) is 5.69. The Morgan fingerprint density at radius 1 is 1.17 bits per heavy atom. The van der Waals surface area contributed by atoms with Gasteiger partial charge in [-0.3, -0.25) is 0 Å². The molecule has 1 aromatic carbocycles. The lowest BCUT2D eigenvalue weighted by Gasteiger charge is -2.32. The Kier molecular flexibility index (Phi) is 3.27. The summed E-state index contributed by atoms with van der Waals surface area (Å²) in [4.78, 5) is 4.35. The molecule has 1 aromatic heterocycles. The summed E-state index contributed by atoms with van der Waals surface area (Å²) in [5.74, 6) is 0.702. The minimum Gasteiger partial charge on any atom is -0.399 e. The van der Waals surface area contributed by atoms with E-state index in [9.17, 15) is 5.11 Å². The van der Waals surface area contributed by atoms with Gasteiger partial charge in [0.25, 0.3) is 0 Å². The molecule has 2 aromatic rings. The second kappa shape index (κ2) is 4.94. The summed E-state index contributed by atoms with van der Waals surface area (Å²) >= 11 is 0. The first-order valence-electron chi connectivity index (χ1n) is 8.43. The van der Waals surface area contributed by atoms with E-state index in [1.54, 1.807) is 6.20 Å². The number of aryl methyl sites for hydroxylation is 1. The van der Waals surface area contributed by atoms with Crippen molar-refractivity contribution in [1.82, 2.24) is 9.55 Å². The first-order valence-corrected chi connectivity index (χ1v) is 8.43. The zero-order valence-electron chi connectivity index (χ0n) is 14.6. The van der Waals surface area contributed by atoms with Crippen molar-refractivity contribution < 1.29 is 14.4 Å². The van der Waals surface area contributed by atoms with Crippen molar-refractivity contribution in [2.24, 2.45) is 0 Å². The van der Waals surface area contributed by atoms with Crippen LogP contribution in [0.2, 0.25) is 0 Å². The van der Waals surface area contributed by atoms with Crippen molar-refractivity contribution in [2.45, 2.75) is 57.5 Å². The van der Waals surface area contributed by atoms with Crippen molar-refractivity contribution >= 4 is 12.6 Å². The summed E-state index contributed by atoms with van der Waals surface area (Å²) < 4.78 is 14.3. The van der Waals surface area contributed by atoms with Gasteiger partial charge in [0, 0.05) is 25.4 Å². The quantitative estimate of drug-likeness (QED) is 0.856. The number of imidazole rings is 1. The van der Waals surface area contributed by atoms with Gasteiger partial charge in [0.1, 0.15) is 11.4 Å². The van der Waals surface area contributed by atoms with E-state index in [-0.39, 0.29) is 11.2 Å².